The number of ether oxygens (including phenoxy) is 1. The van der Waals surface area contributed by atoms with Crippen LogP contribution in [0.3, 0.4) is 0 Å². The van der Waals surface area contributed by atoms with E-state index < -0.39 is 76.3 Å². The zero-order valence-corrected chi connectivity index (χ0v) is 55.5. The number of rotatable bonds is 41. The monoisotopic (exact) mass is 1320 g/mol. The van der Waals surface area contributed by atoms with Crippen molar-refractivity contribution in [3.63, 3.8) is 0 Å². The summed E-state index contributed by atoms with van der Waals surface area (Å²) < 4.78 is 44.3. The molecule has 0 bridgehead atoms. The van der Waals surface area contributed by atoms with Gasteiger partial charge in [0, 0.05) is 92.5 Å². The molecule has 3 amide bonds. The molecule has 2 heterocycles. The van der Waals surface area contributed by atoms with Crippen molar-refractivity contribution in [1.82, 2.24) is 16.0 Å². The lowest BCUT2D eigenvalue weighted by Crippen LogP contribution is -2.51. The van der Waals surface area contributed by atoms with Crippen LogP contribution < -0.4 is 25.6 Å². The number of unbranched alkanes of at least 4 members (excludes halogenated alkanes) is 7. The number of hydrogen-bond donors (Lipinski definition) is 8. The molecule has 22 heteroatoms. The van der Waals surface area contributed by atoms with Gasteiger partial charge in [-0.2, -0.15) is 13.0 Å². The van der Waals surface area contributed by atoms with Crippen molar-refractivity contribution in [2.75, 3.05) is 24.5 Å². The third-order valence-corrected chi connectivity index (χ3v) is 18.6. The molecule has 21 nitrogen and oxygen atoms in total. The molecule has 3 atom stereocenters. The Bertz CT molecular complexity index is 3480. The molecule has 8 N–H and O–H groups in total. The third-order valence-electron chi connectivity index (χ3n) is 17.7. The number of carboxylic acids is 4. The molecular weight excluding hydrogens is 1220 g/mol. The first-order chi connectivity index (χ1) is 44.7. The van der Waals surface area contributed by atoms with Crippen LogP contribution in [0.25, 0.3) is 0 Å². The highest BCUT2D eigenvalue weighted by molar-refractivity contribution is 7.85. The lowest BCUT2D eigenvalue weighted by molar-refractivity contribution is -0.438. The van der Waals surface area contributed by atoms with E-state index in [9.17, 15) is 66.6 Å². The Labute approximate surface area is 552 Å². The first-order valence-electron chi connectivity index (χ1n) is 32.9. The summed E-state index contributed by atoms with van der Waals surface area (Å²) in [5, 5.41) is 44.4. The number of aliphatic carboxylic acids is 4. The van der Waals surface area contributed by atoms with Gasteiger partial charge in [0.2, 0.25) is 11.6 Å². The number of amides is 3. The van der Waals surface area contributed by atoms with Gasteiger partial charge in [-0.3, -0.25) is 28.5 Å². The molecule has 0 saturated heterocycles. The molecule has 94 heavy (non-hydrogen) atoms. The van der Waals surface area contributed by atoms with Crippen LogP contribution in [0.4, 0.5) is 16.2 Å². The minimum Gasteiger partial charge on any atom is -0.481 e. The van der Waals surface area contributed by atoms with Crippen molar-refractivity contribution in [2.24, 2.45) is 5.92 Å². The minimum absolute atomic E-state index is 0.0272. The maximum atomic E-state index is 13.1. The molecule has 6 rings (SSSR count). The van der Waals surface area contributed by atoms with Crippen molar-refractivity contribution in [3.05, 3.63) is 138 Å². The molecule has 0 aromatic heterocycles. The number of carbonyl (C=O) groups excluding carboxylic acids is 4. The van der Waals surface area contributed by atoms with E-state index in [0.717, 1.165) is 78.9 Å². The lowest BCUT2D eigenvalue weighted by Gasteiger charge is -2.27. The van der Waals surface area contributed by atoms with Crippen LogP contribution >= 0.6 is 0 Å². The number of nitrogens with one attached hydrogen (secondary N) is 3. The number of Topliss-reactive ketones (excluding diaryl/α,β-unsaturated/α-hetero) is 2. The number of fused-ring (bicyclic) bond motifs is 2. The molecule has 0 fully saturated rings. The molecule has 3 aliphatic rings. The van der Waals surface area contributed by atoms with E-state index in [1.54, 1.807) is 12.1 Å². The fourth-order valence-corrected chi connectivity index (χ4v) is 13.0. The number of allylic oxidation sites excluding steroid dienone is 7. The van der Waals surface area contributed by atoms with Gasteiger partial charge < -0.3 is 46.0 Å². The van der Waals surface area contributed by atoms with E-state index in [0.29, 0.717) is 76.5 Å². The summed E-state index contributed by atoms with van der Waals surface area (Å²) in [5.74, 6) is -4.90. The Hall–Kier alpha value is -8.24. The molecule has 2 radical (unpaired) electrons. The Balaban J connectivity index is 0.958. The highest BCUT2D eigenvalue weighted by Gasteiger charge is 2.44. The predicted molar refractivity (Wildman–Crippen MR) is 357 cm³/mol. The Morgan fingerprint density at radius 2 is 1.30 bits per heavy atom. The number of carbonyl (C=O) groups is 8. The third kappa shape index (κ3) is 21.9. The number of benzene rings is 3. The van der Waals surface area contributed by atoms with Gasteiger partial charge in [-0.15, -0.1) is 0 Å². The molecule has 3 aromatic rings. The normalized spacial score (nSPS) is 16.8. The standard InChI is InChI=1S/C72H93N5O16S/c1-6-7-45-76-60-34-18-17-32-56(60)71(2,3)62(76)41-36-49-25-23-26-50(66(49)93-54-30-14-9-15-31-54)37-42-63-72(4,5)57-48-55(94(90,91)92)38-40-61(57)77(63)46-22-10-13-28-52(78)27-12-8-11-24-51(67(83)84)47-53(79)29-16-19-35-64(80)73-44-21-20-33-58(68(85)86)74-70(89)75-59(69(87)88)39-43-65(81)82/h1,9,14-15,17-18,30-32,34,36-38,40-42,48,51,58-59H,6-8,10-13,16,19-29,33,35,39,43-47H2,2-5H3,(H7-,73,74,75,80,81,82,83,84,85,86,87,88,89,90,91,92)/p+1. The van der Waals surface area contributed by atoms with E-state index in [2.05, 4.69) is 102 Å². The van der Waals surface area contributed by atoms with Crippen molar-refractivity contribution in [3.8, 4) is 5.75 Å². The summed E-state index contributed by atoms with van der Waals surface area (Å²) in [5.41, 5.74) is 7.37. The molecule has 1 aliphatic carbocycles. The number of nitrogens with zero attached hydrogens (tertiary/aromatic N) is 2. The van der Waals surface area contributed by atoms with Gasteiger partial charge in [-0.05, 0) is 170 Å². The molecule has 3 aromatic carbocycles. The van der Waals surface area contributed by atoms with Crippen LogP contribution in [0.1, 0.15) is 193 Å². The first kappa shape index (κ1) is 74.8. The fourth-order valence-electron chi connectivity index (χ4n) is 12.5. The number of hydrogen-bond acceptors (Lipinski definition) is 12. The number of urea groups is 1. The van der Waals surface area contributed by atoms with Gasteiger partial charge in [0.05, 0.1) is 16.2 Å². The second-order valence-electron chi connectivity index (χ2n) is 25.6. The second-order valence-corrected chi connectivity index (χ2v) is 27.0. The predicted octanol–water partition coefficient (Wildman–Crippen LogP) is 12.1. The molecular formula is C72H94N5O16S+. The summed E-state index contributed by atoms with van der Waals surface area (Å²) in [6.45, 7) is 16.3. The lowest BCUT2D eigenvalue weighted by atomic mass is 9.81. The van der Waals surface area contributed by atoms with Gasteiger partial charge in [0.1, 0.15) is 41.7 Å². The highest BCUT2D eigenvalue weighted by Crippen LogP contribution is 2.49. The van der Waals surface area contributed by atoms with Crippen LogP contribution in [-0.4, -0.2) is 123 Å². The second kappa shape index (κ2) is 35.9. The fraction of sp³-hybridized carbons (Fsp3) is 0.500. The van der Waals surface area contributed by atoms with Crippen LogP contribution in [0.2, 0.25) is 0 Å². The smallest absolute Gasteiger partial charge is 0.326 e. The van der Waals surface area contributed by atoms with Gasteiger partial charge in [-0.1, -0.05) is 75.6 Å². The Kier molecular flexibility index (Phi) is 28.5. The number of para-hydroxylation sites is 2. The topological polar surface area (TPSA) is 323 Å². The van der Waals surface area contributed by atoms with Gasteiger partial charge in [0.15, 0.2) is 5.71 Å². The van der Waals surface area contributed by atoms with Crippen LogP contribution in [0, 0.1) is 12.8 Å². The molecule has 2 aliphatic heterocycles. The van der Waals surface area contributed by atoms with E-state index in [4.69, 9.17) is 16.8 Å². The highest BCUT2D eigenvalue weighted by atomic mass is 32.2. The number of anilines is 1. The zero-order chi connectivity index (χ0) is 68.6. The minimum atomic E-state index is -4.49. The summed E-state index contributed by atoms with van der Waals surface area (Å²) in [7, 11) is -4.49. The quantitative estimate of drug-likeness (QED) is 0.0149. The molecule has 0 spiro atoms. The van der Waals surface area contributed by atoms with E-state index in [1.807, 2.05) is 30.3 Å². The van der Waals surface area contributed by atoms with Crippen LogP contribution in [-0.2, 0) is 54.5 Å². The van der Waals surface area contributed by atoms with Crippen molar-refractivity contribution in [1.29, 1.82) is 0 Å². The molecule has 508 valence electrons. The SMILES string of the molecule is [CH]CCC[N+]1=C(/C=C/C2=C(Oc3ccccc3)C(=C/C=C3/N(CCCCCC(=O)CCCCCC(CC(=O)CCCCC(=O)NCCCCC(NC(=O)NC(CCC(=O)O)C(=O)O)C(=O)O)C(=O)O)c4ccc(S(=O)(=O)O)cc4C3(C)C)/CCC2)C(C)(C)c2ccccc21. The van der Waals surface area contributed by atoms with Gasteiger partial charge >= 0.3 is 29.9 Å². The average molecular weight is 1320 g/mol. The van der Waals surface area contributed by atoms with E-state index in [1.165, 1.54) is 23.0 Å². The van der Waals surface area contributed by atoms with Gasteiger partial charge in [0.25, 0.3) is 10.1 Å². The Morgan fingerprint density at radius 1 is 0.660 bits per heavy atom. The number of ketones is 2. The summed E-state index contributed by atoms with van der Waals surface area (Å²) in [6.07, 6.45) is 18.1. The molecule has 0 saturated carbocycles. The zero-order valence-electron chi connectivity index (χ0n) is 54.7. The van der Waals surface area contributed by atoms with Crippen molar-refractivity contribution in [2.45, 2.75) is 210 Å². The summed E-state index contributed by atoms with van der Waals surface area (Å²) >= 11 is 0. The maximum Gasteiger partial charge on any atom is 0.326 e. The average Bonchev–Trinajstić information content (AvgIpc) is 1.60. The van der Waals surface area contributed by atoms with Gasteiger partial charge in [-0.25, -0.2) is 14.4 Å². The summed E-state index contributed by atoms with van der Waals surface area (Å²) in [4.78, 5) is 98.5. The first-order valence-corrected chi connectivity index (χ1v) is 34.3. The summed E-state index contributed by atoms with van der Waals surface area (Å²) in [6, 6.07) is 19.1. The van der Waals surface area contributed by atoms with E-state index in [-0.39, 0.29) is 72.9 Å². The van der Waals surface area contributed by atoms with Crippen molar-refractivity contribution < 1.29 is 81.1 Å². The van der Waals surface area contributed by atoms with Crippen molar-refractivity contribution >= 4 is 74.6 Å². The van der Waals surface area contributed by atoms with E-state index >= 15 is 0 Å². The largest absolute Gasteiger partial charge is 0.481 e. The maximum absolute atomic E-state index is 13.1. The molecule has 3 unspecified atom stereocenters. The number of carboxylic acid groups (broad SMARTS) is 4. The van der Waals surface area contributed by atoms with Crippen LogP contribution in [0.5, 0.6) is 5.75 Å². The Morgan fingerprint density at radius 3 is 1.97 bits per heavy atom. The van der Waals surface area contributed by atoms with Crippen LogP contribution in [0.15, 0.2) is 125 Å².